The van der Waals surface area contributed by atoms with Crippen molar-refractivity contribution < 1.29 is 5.11 Å². The molecule has 0 aromatic carbocycles. The Hall–Kier alpha value is -1.24. The number of piperidine rings is 1. The molecule has 2 fully saturated rings. The number of aromatic nitrogens is 2. The molecule has 6 nitrogen and oxygen atoms in total. The van der Waals surface area contributed by atoms with E-state index in [9.17, 15) is 5.11 Å². The lowest BCUT2D eigenvalue weighted by Crippen LogP contribution is -2.54. The van der Waals surface area contributed by atoms with Crippen LogP contribution in [0.3, 0.4) is 0 Å². The van der Waals surface area contributed by atoms with Crippen molar-refractivity contribution in [1.29, 1.82) is 0 Å². The lowest BCUT2D eigenvalue weighted by Gasteiger charge is -2.42. The molecule has 0 saturated carbocycles. The maximum Gasteiger partial charge on any atom is 0.132 e. The molecule has 2 aliphatic rings. The Morgan fingerprint density at radius 3 is 2.69 bits per heavy atom. The van der Waals surface area contributed by atoms with Gasteiger partial charge in [0.15, 0.2) is 0 Å². The Balaban J connectivity index is 1.74. The Morgan fingerprint density at radius 2 is 2.00 bits per heavy atom. The average Bonchev–Trinajstić information content (AvgIpc) is 2.63. The van der Waals surface area contributed by atoms with Gasteiger partial charge >= 0.3 is 0 Å². The van der Waals surface area contributed by atoms with Gasteiger partial charge in [0.05, 0.1) is 0 Å². The van der Waals surface area contributed by atoms with Gasteiger partial charge in [-0.2, -0.15) is 0 Å². The first-order valence-electron chi connectivity index (χ1n) is 10.2. The summed E-state index contributed by atoms with van der Waals surface area (Å²) in [6, 6.07) is 2.62. The monoisotopic (exact) mass is 361 g/mol. The first-order valence-corrected chi connectivity index (χ1v) is 10.2. The molecule has 0 aliphatic carbocycles. The summed E-state index contributed by atoms with van der Waals surface area (Å²) in [6.45, 7) is 13.0. The van der Waals surface area contributed by atoms with Crippen LogP contribution in [0.25, 0.3) is 0 Å². The van der Waals surface area contributed by atoms with E-state index in [0.29, 0.717) is 17.9 Å². The lowest BCUT2D eigenvalue weighted by molar-refractivity contribution is 0.128. The van der Waals surface area contributed by atoms with Crippen LogP contribution in [0.15, 0.2) is 6.07 Å². The number of hydrogen-bond donors (Lipinski definition) is 2. The maximum absolute atomic E-state index is 9.51. The maximum atomic E-state index is 9.51. The third kappa shape index (κ3) is 4.93. The topological polar surface area (TPSA) is 64.5 Å². The van der Waals surface area contributed by atoms with E-state index in [2.05, 4.69) is 35.0 Å². The van der Waals surface area contributed by atoms with E-state index in [1.54, 1.807) is 0 Å². The second-order valence-electron chi connectivity index (χ2n) is 8.22. The zero-order chi connectivity index (χ0) is 18.5. The molecule has 2 aliphatic heterocycles. The summed E-state index contributed by atoms with van der Waals surface area (Å²) >= 11 is 0. The predicted molar refractivity (Wildman–Crippen MR) is 106 cm³/mol. The smallest absolute Gasteiger partial charge is 0.132 e. The first-order chi connectivity index (χ1) is 12.6. The predicted octanol–water partition coefficient (Wildman–Crippen LogP) is 1.78. The number of aryl methyl sites for hydroxylation is 1. The minimum absolute atomic E-state index is 0.246. The van der Waals surface area contributed by atoms with Crippen LogP contribution in [0.4, 0.5) is 5.82 Å². The summed E-state index contributed by atoms with van der Waals surface area (Å²) in [7, 11) is 0. The van der Waals surface area contributed by atoms with Gasteiger partial charge in [-0.25, -0.2) is 9.97 Å². The minimum atomic E-state index is 0.246. The fraction of sp³-hybridized carbons (Fsp3) is 0.800. The quantitative estimate of drug-likeness (QED) is 0.805. The molecule has 1 unspecified atom stereocenters. The molecule has 0 amide bonds. The van der Waals surface area contributed by atoms with Crippen LogP contribution in [-0.4, -0.2) is 71.9 Å². The number of nitrogens with one attached hydrogen (secondary N) is 1. The van der Waals surface area contributed by atoms with E-state index in [1.807, 2.05) is 6.92 Å². The molecular weight excluding hydrogens is 326 g/mol. The van der Waals surface area contributed by atoms with Gasteiger partial charge in [0, 0.05) is 56.5 Å². The standard InChI is InChI=1S/C20H35N5O/c1-15(2)13-24-9-10-25(14-18(24)6-11-26)20-12-19(22-16(3)23-20)17-4-7-21-8-5-17/h12,15,17-18,21,26H,4-11,13-14H2,1-3H3. The van der Waals surface area contributed by atoms with E-state index in [1.165, 1.54) is 5.69 Å². The molecule has 2 saturated heterocycles. The van der Waals surface area contributed by atoms with E-state index >= 15 is 0 Å². The SMILES string of the molecule is Cc1nc(C2CCNCC2)cc(N2CCN(CC(C)C)C(CCO)C2)n1. The number of rotatable bonds is 6. The summed E-state index contributed by atoms with van der Waals surface area (Å²) in [6.07, 6.45) is 3.14. The van der Waals surface area contributed by atoms with Crippen LogP contribution in [0.2, 0.25) is 0 Å². The highest BCUT2D eigenvalue weighted by Gasteiger charge is 2.28. The van der Waals surface area contributed by atoms with E-state index in [-0.39, 0.29) is 6.61 Å². The molecule has 146 valence electrons. The summed E-state index contributed by atoms with van der Waals surface area (Å²) < 4.78 is 0. The molecule has 1 aromatic rings. The molecule has 1 atom stereocenters. The molecule has 6 heteroatoms. The van der Waals surface area contributed by atoms with Gasteiger partial charge in [-0.3, -0.25) is 4.90 Å². The van der Waals surface area contributed by atoms with Gasteiger partial charge in [0.1, 0.15) is 11.6 Å². The van der Waals surface area contributed by atoms with Crippen LogP contribution < -0.4 is 10.2 Å². The highest BCUT2D eigenvalue weighted by atomic mass is 16.3. The van der Waals surface area contributed by atoms with Crippen LogP contribution in [-0.2, 0) is 0 Å². The zero-order valence-corrected chi connectivity index (χ0v) is 16.6. The second kappa shape index (κ2) is 9.11. The molecule has 2 N–H and O–H groups in total. The molecule has 3 heterocycles. The molecule has 1 aromatic heterocycles. The summed E-state index contributed by atoms with van der Waals surface area (Å²) in [4.78, 5) is 14.4. The summed E-state index contributed by atoms with van der Waals surface area (Å²) in [5.74, 6) is 3.14. The molecule has 0 bridgehead atoms. The van der Waals surface area contributed by atoms with Crippen LogP contribution in [0, 0.1) is 12.8 Å². The number of piperazine rings is 1. The van der Waals surface area contributed by atoms with Crippen molar-refractivity contribution >= 4 is 5.82 Å². The normalized spacial score (nSPS) is 23.0. The van der Waals surface area contributed by atoms with Crippen molar-refractivity contribution in [2.45, 2.75) is 52.0 Å². The Morgan fingerprint density at radius 1 is 1.23 bits per heavy atom. The Kier molecular flexibility index (Phi) is 6.84. The van der Waals surface area contributed by atoms with E-state index in [4.69, 9.17) is 9.97 Å². The molecule has 0 radical (unpaired) electrons. The van der Waals surface area contributed by atoms with E-state index < -0.39 is 0 Å². The van der Waals surface area contributed by atoms with E-state index in [0.717, 1.165) is 70.2 Å². The molecular formula is C20H35N5O. The largest absolute Gasteiger partial charge is 0.396 e. The third-order valence-corrected chi connectivity index (χ3v) is 5.59. The van der Waals surface area contributed by atoms with Gasteiger partial charge in [-0.05, 0) is 45.2 Å². The summed E-state index contributed by atoms with van der Waals surface area (Å²) in [5, 5.41) is 12.9. The molecule has 3 rings (SSSR count). The summed E-state index contributed by atoms with van der Waals surface area (Å²) in [5.41, 5.74) is 1.21. The van der Waals surface area contributed by atoms with Gasteiger partial charge in [-0.1, -0.05) is 13.8 Å². The van der Waals surface area contributed by atoms with Crippen molar-refractivity contribution in [2.24, 2.45) is 5.92 Å². The fourth-order valence-electron chi connectivity index (χ4n) is 4.30. The molecule has 0 spiro atoms. The van der Waals surface area contributed by atoms with Crippen LogP contribution in [0.1, 0.15) is 50.5 Å². The van der Waals surface area contributed by atoms with Crippen molar-refractivity contribution in [1.82, 2.24) is 20.2 Å². The average molecular weight is 362 g/mol. The fourth-order valence-corrected chi connectivity index (χ4v) is 4.30. The Bertz CT molecular complexity index is 573. The number of aliphatic hydroxyl groups excluding tert-OH is 1. The minimum Gasteiger partial charge on any atom is -0.396 e. The van der Waals surface area contributed by atoms with Gasteiger partial charge < -0.3 is 15.3 Å². The zero-order valence-electron chi connectivity index (χ0n) is 16.6. The van der Waals surface area contributed by atoms with Crippen molar-refractivity contribution in [2.75, 3.05) is 50.8 Å². The highest BCUT2D eigenvalue weighted by Crippen LogP contribution is 2.27. The second-order valence-corrected chi connectivity index (χ2v) is 8.22. The van der Waals surface area contributed by atoms with Gasteiger partial charge in [-0.15, -0.1) is 0 Å². The lowest BCUT2D eigenvalue weighted by atomic mass is 9.94. The van der Waals surface area contributed by atoms with Gasteiger partial charge in [0.25, 0.3) is 0 Å². The number of aliphatic hydroxyl groups is 1. The highest BCUT2D eigenvalue weighted by molar-refractivity contribution is 5.42. The van der Waals surface area contributed by atoms with Gasteiger partial charge in [0.2, 0.25) is 0 Å². The van der Waals surface area contributed by atoms with Crippen LogP contribution >= 0.6 is 0 Å². The number of nitrogens with zero attached hydrogens (tertiary/aromatic N) is 4. The van der Waals surface area contributed by atoms with Crippen molar-refractivity contribution in [3.8, 4) is 0 Å². The van der Waals surface area contributed by atoms with Crippen molar-refractivity contribution in [3.05, 3.63) is 17.6 Å². The third-order valence-electron chi connectivity index (χ3n) is 5.59. The van der Waals surface area contributed by atoms with Crippen LogP contribution in [0.5, 0.6) is 0 Å². The van der Waals surface area contributed by atoms with Crippen molar-refractivity contribution in [3.63, 3.8) is 0 Å². The molecule has 26 heavy (non-hydrogen) atoms. The Labute approximate surface area is 158 Å². The first kappa shape index (κ1) is 19.5. The number of anilines is 1. The number of hydrogen-bond acceptors (Lipinski definition) is 6.